The molecule has 1 unspecified atom stereocenters. The summed E-state index contributed by atoms with van der Waals surface area (Å²) >= 11 is 0. The summed E-state index contributed by atoms with van der Waals surface area (Å²) in [5.41, 5.74) is 3.37. The van der Waals surface area contributed by atoms with Crippen LogP contribution in [0.1, 0.15) is 51.0 Å². The number of dihydropyridines is 1. The summed E-state index contributed by atoms with van der Waals surface area (Å²) in [4.78, 5) is 37.1. The number of carbonyl (C=O) groups excluding carboxylic acids is 2. The van der Waals surface area contributed by atoms with E-state index in [1.807, 2.05) is 18.2 Å². The van der Waals surface area contributed by atoms with E-state index in [4.69, 9.17) is 23.7 Å². The Morgan fingerprint density at radius 3 is 2.47 bits per heavy atom. The molecular formula is C32H34N4O9. The highest BCUT2D eigenvalue weighted by atomic mass is 16.7. The van der Waals surface area contributed by atoms with Gasteiger partial charge in [-0.05, 0) is 62.8 Å². The van der Waals surface area contributed by atoms with Gasteiger partial charge in [0.15, 0.2) is 11.5 Å². The number of hydrogen-bond donors (Lipinski definition) is 2. The summed E-state index contributed by atoms with van der Waals surface area (Å²) in [5, 5.41) is 21.5. The Morgan fingerprint density at radius 2 is 1.71 bits per heavy atom. The molecule has 0 radical (unpaired) electrons. The molecule has 0 spiro atoms. The van der Waals surface area contributed by atoms with Crippen LogP contribution in [0.3, 0.4) is 0 Å². The first-order valence-electron chi connectivity index (χ1n) is 14.5. The van der Waals surface area contributed by atoms with Crippen LogP contribution in [0.25, 0.3) is 11.1 Å². The lowest BCUT2D eigenvalue weighted by molar-refractivity contribution is -0.384. The molecule has 0 fully saturated rings. The number of nitro groups is 1. The zero-order valence-electron chi connectivity index (χ0n) is 25.2. The number of rotatable bonds is 13. The molecule has 45 heavy (non-hydrogen) atoms. The van der Waals surface area contributed by atoms with Crippen molar-refractivity contribution in [3.8, 4) is 28.5 Å². The number of fused-ring (bicyclic) bond motifs is 1. The molecule has 0 saturated heterocycles. The van der Waals surface area contributed by atoms with E-state index in [1.54, 1.807) is 26.1 Å². The lowest BCUT2D eigenvalue weighted by atomic mass is 9.80. The molecule has 2 N–H and O–H groups in total. The van der Waals surface area contributed by atoms with Gasteiger partial charge in [-0.2, -0.15) is 5.10 Å². The van der Waals surface area contributed by atoms with Crippen LogP contribution in [0.5, 0.6) is 17.4 Å². The molecule has 0 amide bonds. The maximum atomic E-state index is 13.4. The highest BCUT2D eigenvalue weighted by Crippen LogP contribution is 2.40. The lowest BCUT2D eigenvalue weighted by Gasteiger charge is -2.30. The number of hydrogen-bond acceptors (Lipinski definition) is 11. The molecule has 3 heterocycles. The van der Waals surface area contributed by atoms with Crippen molar-refractivity contribution in [3.63, 3.8) is 0 Å². The maximum absolute atomic E-state index is 13.4. The Morgan fingerprint density at radius 1 is 0.978 bits per heavy atom. The summed E-state index contributed by atoms with van der Waals surface area (Å²) in [6.07, 6.45) is 4.75. The van der Waals surface area contributed by atoms with Crippen LogP contribution in [0.4, 0.5) is 5.69 Å². The van der Waals surface area contributed by atoms with Gasteiger partial charge in [0.2, 0.25) is 12.7 Å². The van der Waals surface area contributed by atoms with E-state index in [0.29, 0.717) is 47.4 Å². The van der Waals surface area contributed by atoms with E-state index in [2.05, 4.69) is 15.5 Å². The number of methoxy groups -OCH3 is 1. The third kappa shape index (κ3) is 6.92. The number of esters is 2. The fourth-order valence-corrected chi connectivity index (χ4v) is 5.42. The van der Waals surface area contributed by atoms with Crippen LogP contribution >= 0.6 is 0 Å². The molecule has 1 atom stereocenters. The van der Waals surface area contributed by atoms with Crippen LogP contribution in [0.15, 0.2) is 71.2 Å². The second-order valence-corrected chi connectivity index (χ2v) is 10.6. The van der Waals surface area contributed by atoms with Crippen molar-refractivity contribution in [2.75, 3.05) is 27.1 Å². The van der Waals surface area contributed by atoms with Crippen molar-refractivity contribution in [1.82, 2.24) is 15.5 Å². The van der Waals surface area contributed by atoms with Crippen LogP contribution in [0, 0.1) is 10.1 Å². The SMILES string of the molecule is COC(=O)C1=C(C)NC(C)=C(C(=O)OCCCCCCOc2[nH]ncc2-c2ccc3c(c2)OCO3)C1c1cccc([N+](=O)[O-])c1. The summed E-state index contributed by atoms with van der Waals surface area (Å²) < 4.78 is 27.4. The minimum absolute atomic E-state index is 0.154. The molecule has 2 aliphatic heterocycles. The Bertz CT molecular complexity index is 1660. The van der Waals surface area contributed by atoms with Crippen molar-refractivity contribution >= 4 is 17.6 Å². The average Bonchev–Trinajstić information content (AvgIpc) is 3.70. The number of allylic oxidation sites excluding steroid dienone is 2. The topological polar surface area (TPSA) is 164 Å². The zero-order valence-corrected chi connectivity index (χ0v) is 25.2. The third-order valence-corrected chi connectivity index (χ3v) is 7.61. The quantitative estimate of drug-likeness (QED) is 0.110. The lowest BCUT2D eigenvalue weighted by Crippen LogP contribution is -2.32. The summed E-state index contributed by atoms with van der Waals surface area (Å²) in [6, 6.07) is 11.5. The number of nitrogens with zero attached hydrogens (tertiary/aromatic N) is 2. The van der Waals surface area contributed by atoms with Crippen molar-refractivity contribution in [3.05, 3.63) is 86.9 Å². The smallest absolute Gasteiger partial charge is 0.336 e. The Labute approximate surface area is 259 Å². The molecule has 0 aliphatic carbocycles. The van der Waals surface area contributed by atoms with Crippen LogP contribution in [-0.2, 0) is 19.1 Å². The summed E-state index contributed by atoms with van der Waals surface area (Å²) in [5.74, 6) is -0.187. The fraction of sp³-hybridized carbons (Fsp3) is 0.344. The number of non-ortho nitro benzene ring substituents is 1. The van der Waals surface area contributed by atoms with Crippen molar-refractivity contribution in [2.24, 2.45) is 0 Å². The molecule has 2 aliphatic rings. The molecule has 0 saturated carbocycles. The highest BCUT2D eigenvalue weighted by molar-refractivity contribution is 5.99. The molecule has 3 aromatic rings. The number of nitro benzene ring substituents is 1. The number of aromatic nitrogens is 2. The van der Waals surface area contributed by atoms with E-state index in [-0.39, 0.29) is 30.2 Å². The van der Waals surface area contributed by atoms with E-state index in [0.717, 1.165) is 30.4 Å². The van der Waals surface area contributed by atoms with Crippen molar-refractivity contribution in [1.29, 1.82) is 0 Å². The van der Waals surface area contributed by atoms with Gasteiger partial charge in [0.05, 0.1) is 54.1 Å². The monoisotopic (exact) mass is 618 g/mol. The van der Waals surface area contributed by atoms with Gasteiger partial charge in [0.1, 0.15) is 0 Å². The number of nitrogens with one attached hydrogen (secondary N) is 2. The molecule has 236 valence electrons. The summed E-state index contributed by atoms with van der Waals surface area (Å²) in [7, 11) is 1.24. The second kappa shape index (κ2) is 14.0. The van der Waals surface area contributed by atoms with Crippen molar-refractivity contribution < 1.29 is 38.2 Å². The number of carbonyl (C=O) groups is 2. The molecular weight excluding hydrogens is 584 g/mol. The number of ether oxygens (including phenoxy) is 5. The Balaban J connectivity index is 1.13. The van der Waals surface area contributed by atoms with Gasteiger partial charge >= 0.3 is 11.9 Å². The molecule has 13 heteroatoms. The second-order valence-electron chi connectivity index (χ2n) is 10.6. The number of benzene rings is 2. The zero-order chi connectivity index (χ0) is 31.9. The molecule has 1 aromatic heterocycles. The van der Waals surface area contributed by atoms with Gasteiger partial charge in [-0.15, -0.1) is 0 Å². The fourth-order valence-electron chi connectivity index (χ4n) is 5.42. The number of unbranched alkanes of at least 4 members (excludes halogenated alkanes) is 3. The Kier molecular flexibility index (Phi) is 9.66. The molecule has 0 bridgehead atoms. The van der Waals surface area contributed by atoms with Gasteiger partial charge in [0, 0.05) is 23.5 Å². The van der Waals surface area contributed by atoms with Crippen LogP contribution in [-0.4, -0.2) is 54.2 Å². The minimum atomic E-state index is -0.895. The predicted molar refractivity (Wildman–Crippen MR) is 161 cm³/mol. The normalized spacial score (nSPS) is 15.5. The first-order valence-corrected chi connectivity index (χ1v) is 14.5. The van der Waals surface area contributed by atoms with Gasteiger partial charge < -0.3 is 29.0 Å². The number of aromatic amines is 1. The molecule has 5 rings (SSSR count). The predicted octanol–water partition coefficient (Wildman–Crippen LogP) is 5.30. The molecule has 13 nitrogen and oxygen atoms in total. The standard InChI is InChI=1S/C32H34N4O9/c1-19-27(31(37)41-3)29(22-9-8-10-23(15-22)36(39)40)28(20(2)34-19)32(38)43-14-7-5-4-6-13-42-30-24(17-33-35-30)21-11-12-25-26(16-21)45-18-44-25/h8-12,15-17,29,34H,4-7,13-14,18H2,1-3H3,(H,33,35). The van der Waals surface area contributed by atoms with E-state index in [1.165, 1.54) is 25.3 Å². The largest absolute Gasteiger partial charge is 0.478 e. The first kappa shape index (κ1) is 31.1. The average molecular weight is 619 g/mol. The third-order valence-electron chi connectivity index (χ3n) is 7.61. The van der Waals surface area contributed by atoms with E-state index < -0.39 is 22.8 Å². The van der Waals surface area contributed by atoms with Gasteiger partial charge in [-0.1, -0.05) is 18.2 Å². The molecule has 2 aromatic carbocycles. The van der Waals surface area contributed by atoms with Gasteiger partial charge in [-0.25, -0.2) is 14.7 Å². The van der Waals surface area contributed by atoms with Crippen LogP contribution in [0.2, 0.25) is 0 Å². The van der Waals surface area contributed by atoms with E-state index >= 15 is 0 Å². The highest BCUT2D eigenvalue weighted by Gasteiger charge is 2.38. The number of H-pyrrole nitrogens is 1. The Hall–Kier alpha value is -5.33. The van der Waals surface area contributed by atoms with E-state index in [9.17, 15) is 19.7 Å². The summed E-state index contributed by atoms with van der Waals surface area (Å²) in [6.45, 7) is 4.25. The van der Waals surface area contributed by atoms with Crippen molar-refractivity contribution in [2.45, 2.75) is 45.4 Å². The van der Waals surface area contributed by atoms with Crippen LogP contribution < -0.4 is 19.5 Å². The minimum Gasteiger partial charge on any atom is -0.478 e. The maximum Gasteiger partial charge on any atom is 0.336 e. The first-order chi connectivity index (χ1) is 21.8. The van der Waals surface area contributed by atoms with Gasteiger partial charge in [-0.3, -0.25) is 10.1 Å². The van der Waals surface area contributed by atoms with Gasteiger partial charge in [0.25, 0.3) is 5.69 Å².